The van der Waals surface area contributed by atoms with Crippen molar-refractivity contribution < 1.29 is 25.9 Å². The molecule has 1 unspecified atom stereocenters. The van der Waals surface area contributed by atoms with Crippen LogP contribution in [0, 0.1) is 13.7 Å². The molecule has 0 aliphatic rings. The molecule has 0 heterocycles. The lowest BCUT2D eigenvalue weighted by atomic mass is 10.1. The molecule has 1 atom stereocenters. The average Bonchev–Trinajstić information content (AvgIpc) is 2.34. The van der Waals surface area contributed by atoms with Crippen LogP contribution in [0.4, 0.5) is 0 Å². The highest BCUT2D eigenvalue weighted by Crippen LogP contribution is 2.16. The third-order valence-corrected chi connectivity index (χ3v) is 1.39. The largest absolute Gasteiger partial charge is 0.491 e. The zero-order valence-electron chi connectivity index (χ0n) is 15.3. The fraction of sp³-hybridized carbons (Fsp3) is 0.455. The summed E-state index contributed by atoms with van der Waals surface area (Å²) in [7, 11) is 0. The van der Waals surface area contributed by atoms with E-state index < -0.39 is 33.0 Å². The van der Waals surface area contributed by atoms with E-state index in [0.29, 0.717) is 0 Å². The number of ether oxygens (including phenoxy) is 1. The third kappa shape index (κ3) is 3.36. The van der Waals surface area contributed by atoms with Crippen LogP contribution in [0.1, 0.15) is 22.1 Å². The van der Waals surface area contributed by atoms with Crippen molar-refractivity contribution in [1.82, 2.24) is 0 Å². The summed E-state index contributed by atoms with van der Waals surface area (Å²) in [6.07, 6.45) is -1.87. The minimum absolute atomic E-state index is 0.328. The van der Waals surface area contributed by atoms with Crippen LogP contribution in [0.5, 0.6) is 5.75 Å². The molecule has 1 aromatic carbocycles. The standard InChI is InChI=1S/C11H16O3/c1-8-3-9(2)5-11(4-8)14-7-10(13)6-12/h3-5,10,12-13H,6-7H2,1-2H3/i1D3,2D3,7D2. The molecule has 0 aromatic heterocycles. The molecule has 0 aliphatic heterocycles. The minimum Gasteiger partial charge on any atom is -0.491 e. The summed E-state index contributed by atoms with van der Waals surface area (Å²) in [6, 6.07) is 2.93. The van der Waals surface area contributed by atoms with Gasteiger partial charge in [-0.25, -0.2) is 0 Å². The Morgan fingerprint density at radius 2 is 2.07 bits per heavy atom. The van der Waals surface area contributed by atoms with Crippen molar-refractivity contribution in [2.24, 2.45) is 0 Å². The fourth-order valence-electron chi connectivity index (χ4n) is 0.831. The van der Waals surface area contributed by atoms with Gasteiger partial charge in [-0.1, -0.05) is 6.07 Å². The maximum atomic E-state index is 9.33. The van der Waals surface area contributed by atoms with Crippen molar-refractivity contribution in [2.45, 2.75) is 19.8 Å². The third-order valence-electron chi connectivity index (χ3n) is 1.39. The first-order valence-corrected chi connectivity index (χ1v) is 3.91. The molecule has 0 bridgehead atoms. The van der Waals surface area contributed by atoms with Gasteiger partial charge in [0, 0.05) is 8.22 Å². The molecule has 0 aliphatic carbocycles. The summed E-state index contributed by atoms with van der Waals surface area (Å²) in [5.41, 5.74) is -0.657. The van der Waals surface area contributed by atoms with E-state index in [2.05, 4.69) is 0 Å². The second-order valence-electron chi connectivity index (χ2n) is 2.66. The van der Waals surface area contributed by atoms with Crippen LogP contribution in [0.15, 0.2) is 18.2 Å². The summed E-state index contributed by atoms with van der Waals surface area (Å²) in [4.78, 5) is 0. The molecule has 3 nitrogen and oxygen atoms in total. The van der Waals surface area contributed by atoms with Crippen LogP contribution >= 0.6 is 0 Å². The van der Waals surface area contributed by atoms with Gasteiger partial charge in [-0.05, 0) is 37.0 Å². The first-order chi connectivity index (χ1) is 9.77. The van der Waals surface area contributed by atoms with Crippen molar-refractivity contribution in [3.05, 3.63) is 29.3 Å². The van der Waals surface area contributed by atoms with Crippen molar-refractivity contribution in [2.75, 3.05) is 13.2 Å². The quantitative estimate of drug-likeness (QED) is 0.770. The van der Waals surface area contributed by atoms with Gasteiger partial charge in [-0.2, -0.15) is 0 Å². The molecular formula is C11H16O3. The lowest BCUT2D eigenvalue weighted by molar-refractivity contribution is 0.0536. The van der Waals surface area contributed by atoms with E-state index in [9.17, 15) is 5.11 Å². The van der Waals surface area contributed by atoms with Crippen molar-refractivity contribution in [3.8, 4) is 5.75 Å². The Morgan fingerprint density at radius 1 is 1.43 bits per heavy atom. The number of hydrogen-bond acceptors (Lipinski definition) is 3. The van der Waals surface area contributed by atoms with E-state index in [1.807, 2.05) is 0 Å². The number of aryl methyl sites for hydroxylation is 2. The number of benzene rings is 1. The van der Waals surface area contributed by atoms with Crippen molar-refractivity contribution >= 4 is 0 Å². The fourth-order valence-corrected chi connectivity index (χ4v) is 0.831. The van der Waals surface area contributed by atoms with Gasteiger partial charge < -0.3 is 14.9 Å². The highest BCUT2D eigenvalue weighted by molar-refractivity contribution is 5.32. The zero-order valence-corrected chi connectivity index (χ0v) is 7.32. The van der Waals surface area contributed by atoms with Gasteiger partial charge in [0.1, 0.15) is 18.4 Å². The molecule has 0 fully saturated rings. The highest BCUT2D eigenvalue weighted by atomic mass is 16.5. The van der Waals surface area contributed by atoms with Crippen LogP contribution in [0.25, 0.3) is 0 Å². The Balaban J connectivity index is 3.31. The van der Waals surface area contributed by atoms with Crippen LogP contribution < -0.4 is 4.74 Å². The van der Waals surface area contributed by atoms with Gasteiger partial charge in [-0.15, -0.1) is 0 Å². The second kappa shape index (κ2) is 4.98. The van der Waals surface area contributed by atoms with E-state index in [1.165, 1.54) is 0 Å². The minimum atomic E-state index is -2.71. The summed E-state index contributed by atoms with van der Waals surface area (Å²) in [5, 5.41) is 18.1. The monoisotopic (exact) mass is 204 g/mol. The lowest BCUT2D eigenvalue weighted by Crippen LogP contribution is -2.21. The Bertz CT molecular complexity index is 491. The normalized spacial score (nSPS) is 23.9. The summed E-state index contributed by atoms with van der Waals surface area (Å²) >= 11 is 0. The molecule has 0 spiro atoms. The molecule has 1 aromatic rings. The van der Waals surface area contributed by atoms with Gasteiger partial charge in [0.15, 0.2) is 0 Å². The van der Waals surface area contributed by atoms with Gasteiger partial charge in [-0.3, -0.25) is 0 Å². The zero-order chi connectivity index (χ0) is 17.3. The molecule has 0 saturated carbocycles. The van der Waals surface area contributed by atoms with Crippen molar-refractivity contribution in [1.29, 1.82) is 0 Å². The lowest BCUT2D eigenvalue weighted by Gasteiger charge is -2.10. The van der Waals surface area contributed by atoms with Gasteiger partial charge in [0.05, 0.1) is 9.35 Å². The van der Waals surface area contributed by atoms with Crippen LogP contribution in [-0.4, -0.2) is 29.5 Å². The predicted octanol–water partition coefficient (Wildman–Crippen LogP) is 1.04. The molecule has 1 rings (SSSR count). The number of aliphatic hydroxyl groups is 2. The Labute approximate surface area is 95.2 Å². The van der Waals surface area contributed by atoms with Gasteiger partial charge >= 0.3 is 0 Å². The van der Waals surface area contributed by atoms with E-state index in [4.69, 9.17) is 20.8 Å². The number of aliphatic hydroxyl groups excluding tert-OH is 2. The van der Waals surface area contributed by atoms with Crippen LogP contribution in [0.3, 0.4) is 0 Å². The predicted molar refractivity (Wildman–Crippen MR) is 54.5 cm³/mol. The molecule has 2 N–H and O–H groups in total. The Kier molecular flexibility index (Phi) is 1.50. The number of hydrogen-bond donors (Lipinski definition) is 2. The molecule has 0 radical (unpaired) electrons. The summed E-state index contributed by atoms with van der Waals surface area (Å²) in [6.45, 7) is -8.85. The van der Waals surface area contributed by atoms with E-state index in [0.717, 1.165) is 18.2 Å². The maximum Gasteiger partial charge on any atom is 0.119 e. The molecule has 78 valence electrons. The Morgan fingerprint density at radius 3 is 2.57 bits per heavy atom. The summed E-state index contributed by atoms with van der Waals surface area (Å²) < 4.78 is 63.8. The van der Waals surface area contributed by atoms with Crippen LogP contribution in [0.2, 0.25) is 0 Å². The second-order valence-corrected chi connectivity index (χ2v) is 2.66. The van der Waals surface area contributed by atoms with E-state index in [1.54, 1.807) is 0 Å². The summed E-state index contributed by atoms with van der Waals surface area (Å²) in [5.74, 6) is -0.364. The molecule has 14 heavy (non-hydrogen) atoms. The Hall–Kier alpha value is -1.06. The SMILES string of the molecule is [2H]C([2H])([2H])c1cc(OC([2H])([2H])C(O)CO)cc(C([2H])([2H])[2H])c1. The molecular weight excluding hydrogens is 180 g/mol. The number of rotatable bonds is 4. The van der Waals surface area contributed by atoms with Gasteiger partial charge in [0.2, 0.25) is 0 Å². The molecule has 0 amide bonds. The average molecular weight is 204 g/mol. The maximum absolute atomic E-state index is 9.33. The van der Waals surface area contributed by atoms with Crippen molar-refractivity contribution in [3.63, 3.8) is 0 Å². The smallest absolute Gasteiger partial charge is 0.119 e. The topological polar surface area (TPSA) is 49.7 Å². The van der Waals surface area contributed by atoms with Gasteiger partial charge in [0.25, 0.3) is 0 Å². The first-order valence-electron chi connectivity index (χ1n) is 7.91. The van der Waals surface area contributed by atoms with E-state index >= 15 is 0 Å². The van der Waals surface area contributed by atoms with Crippen LogP contribution in [-0.2, 0) is 0 Å². The molecule has 3 heteroatoms. The van der Waals surface area contributed by atoms with E-state index in [-0.39, 0.29) is 16.9 Å². The first kappa shape index (κ1) is 4.21. The highest BCUT2D eigenvalue weighted by Gasteiger charge is 2.03. The molecule has 0 saturated heterocycles.